The van der Waals surface area contributed by atoms with Gasteiger partial charge in [-0.05, 0) is 79.4 Å². The van der Waals surface area contributed by atoms with Crippen molar-refractivity contribution in [3.05, 3.63) is 186 Å². The molecule has 0 N–H and O–H groups in total. The lowest BCUT2D eigenvalue weighted by Gasteiger charge is -2.06. The van der Waals surface area contributed by atoms with Crippen LogP contribution in [-0.4, -0.2) is 0 Å². The fraction of sp³-hybridized carbons (Fsp3) is 0.100. The number of rotatable bonds is 6. The number of hydrogen-bond donors (Lipinski definition) is 0. The zero-order valence-corrected chi connectivity index (χ0v) is 24.6. The van der Waals surface area contributed by atoms with Crippen LogP contribution in [0, 0.1) is 20.8 Å². The Morgan fingerprint density at radius 3 is 1.45 bits per heavy atom. The van der Waals surface area contributed by atoms with Gasteiger partial charge < -0.3 is 9.47 Å². The number of hydrogen-bond acceptors (Lipinski definition) is 2. The standard InChI is InChI=1S/C14H14O.C13H12O.C13H12/c1-12-6-5-9-14(10-12)15-11-13-7-3-2-4-8-13;1-11-7-9-13(10-8-11)14-12-5-3-2-4-6-12;1-11-7-9-13(10-8-11)12-5-3-2-4-6-12/h2-10H,11H2,1H3;2-10H,1H3;2-10H,1H3. The monoisotopic (exact) mass is 550 g/mol. The maximum Gasteiger partial charge on any atom is 0.127 e. The van der Waals surface area contributed by atoms with Crippen LogP contribution in [-0.2, 0) is 6.61 Å². The van der Waals surface area contributed by atoms with Gasteiger partial charge in [-0.15, -0.1) is 0 Å². The van der Waals surface area contributed by atoms with Crippen molar-refractivity contribution in [3.8, 4) is 28.4 Å². The molecule has 0 aliphatic rings. The Kier molecular flexibility index (Phi) is 11.6. The van der Waals surface area contributed by atoms with Crippen LogP contribution in [0.1, 0.15) is 22.3 Å². The van der Waals surface area contributed by atoms with Crippen LogP contribution in [0.15, 0.2) is 164 Å². The molecule has 0 aromatic heterocycles. The highest BCUT2D eigenvalue weighted by Gasteiger charge is 1.96. The van der Waals surface area contributed by atoms with Gasteiger partial charge in [0, 0.05) is 0 Å². The number of para-hydroxylation sites is 1. The predicted octanol–water partition coefficient (Wildman–Crippen LogP) is 11.0. The smallest absolute Gasteiger partial charge is 0.127 e. The second kappa shape index (κ2) is 16.2. The molecule has 0 bridgehead atoms. The summed E-state index contributed by atoms with van der Waals surface area (Å²) in [6.45, 7) is 6.86. The van der Waals surface area contributed by atoms with Crippen LogP contribution in [0.5, 0.6) is 17.2 Å². The third kappa shape index (κ3) is 10.5. The third-order valence-corrected chi connectivity index (χ3v) is 6.40. The second-order valence-corrected chi connectivity index (χ2v) is 10.1. The van der Waals surface area contributed by atoms with E-state index >= 15 is 0 Å². The van der Waals surface area contributed by atoms with E-state index in [1.165, 1.54) is 33.4 Å². The van der Waals surface area contributed by atoms with Crippen molar-refractivity contribution in [1.82, 2.24) is 0 Å². The summed E-state index contributed by atoms with van der Waals surface area (Å²) >= 11 is 0. The molecule has 0 fully saturated rings. The Bertz CT molecular complexity index is 1580. The maximum absolute atomic E-state index is 5.67. The molecule has 0 spiro atoms. The second-order valence-electron chi connectivity index (χ2n) is 10.1. The van der Waals surface area contributed by atoms with Crippen LogP contribution >= 0.6 is 0 Å². The molecule has 0 amide bonds. The summed E-state index contributed by atoms with van der Waals surface area (Å²) in [7, 11) is 0. The van der Waals surface area contributed by atoms with E-state index in [0.717, 1.165) is 17.2 Å². The van der Waals surface area contributed by atoms with E-state index in [-0.39, 0.29) is 0 Å². The van der Waals surface area contributed by atoms with Gasteiger partial charge in [-0.1, -0.05) is 139 Å². The molecule has 6 aromatic carbocycles. The summed E-state index contributed by atoms with van der Waals surface area (Å²) in [4.78, 5) is 0. The van der Waals surface area contributed by atoms with E-state index in [1.54, 1.807) is 0 Å². The number of aryl methyl sites for hydroxylation is 3. The van der Waals surface area contributed by atoms with Gasteiger partial charge in [0.2, 0.25) is 0 Å². The summed E-state index contributed by atoms with van der Waals surface area (Å²) in [5.41, 5.74) is 7.53. The lowest BCUT2D eigenvalue weighted by atomic mass is 10.0. The van der Waals surface area contributed by atoms with Crippen LogP contribution in [0.2, 0.25) is 0 Å². The number of ether oxygens (including phenoxy) is 2. The normalized spacial score (nSPS) is 9.88. The van der Waals surface area contributed by atoms with Crippen LogP contribution in [0.25, 0.3) is 11.1 Å². The lowest BCUT2D eigenvalue weighted by Crippen LogP contribution is -1.94. The average molecular weight is 551 g/mol. The summed E-state index contributed by atoms with van der Waals surface area (Å²) < 4.78 is 11.3. The molecular formula is C40H38O2. The Morgan fingerprint density at radius 1 is 0.381 bits per heavy atom. The molecular weight excluding hydrogens is 512 g/mol. The highest BCUT2D eigenvalue weighted by Crippen LogP contribution is 2.21. The molecule has 6 rings (SSSR count). The van der Waals surface area contributed by atoms with Crippen molar-refractivity contribution >= 4 is 0 Å². The Labute approximate surface area is 250 Å². The molecule has 0 unspecified atom stereocenters. The minimum Gasteiger partial charge on any atom is -0.489 e. The highest BCUT2D eigenvalue weighted by atomic mass is 16.5. The van der Waals surface area contributed by atoms with Gasteiger partial charge in [0.15, 0.2) is 0 Å². The van der Waals surface area contributed by atoms with Crippen molar-refractivity contribution in [2.45, 2.75) is 27.4 Å². The molecule has 0 aliphatic heterocycles. The first kappa shape index (κ1) is 29.9. The summed E-state index contributed by atoms with van der Waals surface area (Å²) in [6, 6.07) is 55.1. The maximum atomic E-state index is 5.67. The topological polar surface area (TPSA) is 18.5 Å². The van der Waals surface area contributed by atoms with Gasteiger partial charge in [-0.25, -0.2) is 0 Å². The van der Waals surface area contributed by atoms with Crippen molar-refractivity contribution < 1.29 is 9.47 Å². The van der Waals surface area contributed by atoms with E-state index in [4.69, 9.17) is 9.47 Å². The number of benzene rings is 6. The van der Waals surface area contributed by atoms with Gasteiger partial charge in [0.05, 0.1) is 0 Å². The van der Waals surface area contributed by atoms with E-state index < -0.39 is 0 Å². The van der Waals surface area contributed by atoms with Crippen molar-refractivity contribution in [2.24, 2.45) is 0 Å². The van der Waals surface area contributed by atoms with Gasteiger partial charge >= 0.3 is 0 Å². The summed E-state index contributed by atoms with van der Waals surface area (Å²) in [5.74, 6) is 2.68. The molecule has 0 heterocycles. The minimum atomic E-state index is 0.629. The third-order valence-electron chi connectivity index (χ3n) is 6.40. The first-order valence-corrected chi connectivity index (χ1v) is 14.2. The Morgan fingerprint density at radius 2 is 0.857 bits per heavy atom. The molecule has 0 saturated heterocycles. The van der Waals surface area contributed by atoms with E-state index in [2.05, 4.69) is 87.5 Å². The van der Waals surface area contributed by atoms with Crippen LogP contribution in [0.4, 0.5) is 0 Å². The first-order chi connectivity index (χ1) is 20.5. The molecule has 0 aliphatic carbocycles. The molecule has 2 nitrogen and oxygen atoms in total. The molecule has 6 aromatic rings. The first-order valence-electron chi connectivity index (χ1n) is 14.2. The largest absolute Gasteiger partial charge is 0.489 e. The minimum absolute atomic E-state index is 0.629. The quantitative estimate of drug-likeness (QED) is 0.205. The predicted molar refractivity (Wildman–Crippen MR) is 176 cm³/mol. The van der Waals surface area contributed by atoms with E-state index in [9.17, 15) is 0 Å². The van der Waals surface area contributed by atoms with Crippen LogP contribution < -0.4 is 9.47 Å². The van der Waals surface area contributed by atoms with Gasteiger partial charge in [-0.2, -0.15) is 0 Å². The summed E-state index contributed by atoms with van der Waals surface area (Å²) in [6.07, 6.45) is 0. The fourth-order valence-corrected chi connectivity index (χ4v) is 4.05. The van der Waals surface area contributed by atoms with Crippen molar-refractivity contribution in [2.75, 3.05) is 0 Å². The molecule has 0 radical (unpaired) electrons. The molecule has 0 saturated carbocycles. The SMILES string of the molecule is Cc1ccc(-c2ccccc2)cc1.Cc1ccc(Oc2ccccc2)cc1.Cc1cccc(OCc2ccccc2)c1. The molecule has 0 atom stereocenters. The fourth-order valence-electron chi connectivity index (χ4n) is 4.05. The Balaban J connectivity index is 0.000000145. The van der Waals surface area contributed by atoms with Crippen molar-refractivity contribution in [3.63, 3.8) is 0 Å². The van der Waals surface area contributed by atoms with Gasteiger partial charge in [0.1, 0.15) is 23.9 Å². The van der Waals surface area contributed by atoms with E-state index in [1.807, 2.05) is 97.1 Å². The lowest BCUT2D eigenvalue weighted by molar-refractivity contribution is 0.306. The van der Waals surface area contributed by atoms with Crippen LogP contribution in [0.3, 0.4) is 0 Å². The van der Waals surface area contributed by atoms with Gasteiger partial charge in [0.25, 0.3) is 0 Å². The Hall–Kier alpha value is -5.08. The zero-order chi connectivity index (χ0) is 29.4. The summed E-state index contributed by atoms with van der Waals surface area (Å²) in [5, 5.41) is 0. The molecule has 210 valence electrons. The molecule has 42 heavy (non-hydrogen) atoms. The van der Waals surface area contributed by atoms with Gasteiger partial charge in [-0.3, -0.25) is 0 Å². The van der Waals surface area contributed by atoms with E-state index in [0.29, 0.717) is 6.61 Å². The van der Waals surface area contributed by atoms with Crippen molar-refractivity contribution in [1.29, 1.82) is 0 Å². The average Bonchev–Trinajstić information content (AvgIpc) is 3.04. The zero-order valence-electron chi connectivity index (χ0n) is 24.6. The molecule has 2 heteroatoms. The highest BCUT2D eigenvalue weighted by molar-refractivity contribution is 5.63.